The highest BCUT2D eigenvalue weighted by Gasteiger charge is 2.49. The fraction of sp³-hybridized carbons (Fsp3) is 0.667. The van der Waals surface area contributed by atoms with Crippen LogP contribution in [-0.4, -0.2) is 38.0 Å². The number of rotatable bonds is 6. The van der Waals surface area contributed by atoms with Crippen LogP contribution in [-0.2, 0) is 10.7 Å². The number of aliphatic carboxylic acids is 1. The zero-order valence-electron chi connectivity index (χ0n) is 9.39. The molecule has 1 fully saturated rings. The van der Waals surface area contributed by atoms with Crippen LogP contribution in [0.2, 0.25) is 0 Å². The topological polar surface area (TPSA) is 68.0 Å². The van der Waals surface area contributed by atoms with Crippen molar-refractivity contribution in [3.8, 4) is 0 Å². The van der Waals surface area contributed by atoms with Gasteiger partial charge in [0, 0.05) is 6.04 Å². The summed E-state index contributed by atoms with van der Waals surface area (Å²) in [6.07, 6.45) is -2.76. The molecular formula is C9H9F4N3O2S. The second-order valence-electron chi connectivity index (χ2n) is 4.01. The van der Waals surface area contributed by atoms with Crippen molar-refractivity contribution in [1.82, 2.24) is 14.8 Å². The second kappa shape index (κ2) is 4.99. The van der Waals surface area contributed by atoms with E-state index in [9.17, 15) is 22.4 Å². The summed E-state index contributed by atoms with van der Waals surface area (Å²) in [6, 6.07) is -0.356. The van der Waals surface area contributed by atoms with Crippen LogP contribution < -0.4 is 0 Å². The number of nitrogens with zero attached hydrogens (tertiary/aromatic N) is 3. The third-order valence-corrected chi connectivity index (χ3v) is 3.40. The monoisotopic (exact) mass is 299 g/mol. The lowest BCUT2D eigenvalue weighted by Gasteiger charge is -2.16. The first-order valence-electron chi connectivity index (χ1n) is 5.30. The average Bonchev–Trinajstić information content (AvgIpc) is 3.05. The van der Waals surface area contributed by atoms with Crippen molar-refractivity contribution in [1.29, 1.82) is 0 Å². The van der Waals surface area contributed by atoms with E-state index >= 15 is 0 Å². The predicted octanol–water partition coefficient (Wildman–Crippen LogP) is 2.15. The van der Waals surface area contributed by atoms with E-state index in [2.05, 4.69) is 10.2 Å². The number of thioether (sulfide) groups is 1. The molecule has 0 saturated heterocycles. The summed E-state index contributed by atoms with van der Waals surface area (Å²) in [6.45, 7) is 0. The van der Waals surface area contributed by atoms with Crippen LogP contribution in [0.1, 0.15) is 24.7 Å². The zero-order chi connectivity index (χ0) is 14.2. The van der Waals surface area contributed by atoms with Gasteiger partial charge in [0.15, 0.2) is 5.16 Å². The smallest absolute Gasteiger partial charge is 0.365 e. The first-order chi connectivity index (χ1) is 8.84. The summed E-state index contributed by atoms with van der Waals surface area (Å²) in [4.78, 5) is 10.4. The molecule has 0 radical (unpaired) electrons. The molecule has 10 heteroatoms. The minimum Gasteiger partial charge on any atom is -0.481 e. The van der Waals surface area contributed by atoms with Gasteiger partial charge in [0.2, 0.25) is 5.82 Å². The molecule has 1 saturated carbocycles. The Kier molecular flexibility index (Phi) is 3.70. The number of hydrogen-bond acceptors (Lipinski definition) is 4. The Morgan fingerprint density at radius 2 is 2.11 bits per heavy atom. The second-order valence-corrected chi connectivity index (χ2v) is 4.96. The van der Waals surface area contributed by atoms with Crippen LogP contribution >= 0.6 is 11.8 Å². The van der Waals surface area contributed by atoms with Gasteiger partial charge in [0.1, 0.15) is 0 Å². The molecule has 19 heavy (non-hydrogen) atoms. The van der Waals surface area contributed by atoms with Gasteiger partial charge < -0.3 is 5.11 Å². The van der Waals surface area contributed by atoms with Gasteiger partial charge in [-0.15, -0.1) is 10.2 Å². The summed E-state index contributed by atoms with van der Waals surface area (Å²) in [5.74, 6) is -7.04. The van der Waals surface area contributed by atoms with E-state index in [4.69, 9.17) is 5.11 Å². The van der Waals surface area contributed by atoms with E-state index in [1.54, 1.807) is 0 Å². The van der Waals surface area contributed by atoms with Crippen LogP contribution in [0.4, 0.5) is 17.6 Å². The number of carbonyl (C=O) groups is 1. The number of hydrogen-bond donors (Lipinski definition) is 1. The molecule has 0 aliphatic heterocycles. The summed E-state index contributed by atoms with van der Waals surface area (Å²) in [5.41, 5.74) is 0. The van der Waals surface area contributed by atoms with Gasteiger partial charge in [-0.25, -0.2) is 8.78 Å². The van der Waals surface area contributed by atoms with E-state index in [0.717, 1.165) is 4.57 Å². The Labute approximate surface area is 109 Å². The first-order valence-corrected chi connectivity index (χ1v) is 6.28. The van der Waals surface area contributed by atoms with Gasteiger partial charge in [-0.05, 0) is 12.8 Å². The maximum Gasteiger partial charge on any atom is 0.365 e. The molecule has 0 aromatic carbocycles. The molecular weight excluding hydrogens is 290 g/mol. The molecule has 1 aromatic rings. The van der Waals surface area contributed by atoms with Crippen LogP contribution in [0.3, 0.4) is 0 Å². The molecule has 0 bridgehead atoms. The van der Waals surface area contributed by atoms with Crippen molar-refractivity contribution in [2.45, 2.75) is 36.4 Å². The standard InChI is InChI=1S/C9H9F4N3O2S/c10-6(11)9(12,13)7-14-15-8(19-3-5(17)18)16(7)4-1-2-4/h4,6H,1-3H2,(H,17,18). The SMILES string of the molecule is O=C(O)CSc1nnc(C(F)(F)C(F)F)n1C1CC1. The normalized spacial score (nSPS) is 16.1. The third-order valence-electron chi connectivity index (χ3n) is 2.47. The minimum absolute atomic E-state index is 0.0692. The molecule has 1 aromatic heterocycles. The largest absolute Gasteiger partial charge is 0.481 e. The number of alkyl halides is 4. The van der Waals surface area contributed by atoms with Crippen LogP contribution in [0.5, 0.6) is 0 Å². The molecule has 1 N–H and O–H groups in total. The Hall–Kier alpha value is -1.32. The maximum atomic E-state index is 13.3. The summed E-state index contributed by atoms with van der Waals surface area (Å²) < 4.78 is 52.3. The Balaban J connectivity index is 2.32. The van der Waals surface area contributed by atoms with E-state index < -0.39 is 29.9 Å². The van der Waals surface area contributed by atoms with Gasteiger partial charge in [-0.1, -0.05) is 11.8 Å². The molecule has 0 spiro atoms. The predicted molar refractivity (Wildman–Crippen MR) is 56.6 cm³/mol. The lowest BCUT2D eigenvalue weighted by Crippen LogP contribution is -2.28. The number of aromatic nitrogens is 3. The van der Waals surface area contributed by atoms with E-state index in [1.165, 1.54) is 0 Å². The number of halogens is 4. The molecule has 0 atom stereocenters. The zero-order valence-corrected chi connectivity index (χ0v) is 10.2. The highest BCUT2D eigenvalue weighted by molar-refractivity contribution is 7.99. The molecule has 2 rings (SSSR count). The van der Waals surface area contributed by atoms with Crippen molar-refractivity contribution in [2.24, 2.45) is 0 Å². The van der Waals surface area contributed by atoms with E-state index in [1.807, 2.05) is 0 Å². The van der Waals surface area contributed by atoms with Crippen molar-refractivity contribution >= 4 is 17.7 Å². The van der Waals surface area contributed by atoms with Crippen molar-refractivity contribution in [3.63, 3.8) is 0 Å². The molecule has 1 aliphatic rings. The molecule has 1 aliphatic carbocycles. The lowest BCUT2D eigenvalue weighted by molar-refractivity contribution is -0.143. The van der Waals surface area contributed by atoms with Crippen LogP contribution in [0, 0.1) is 0 Å². The van der Waals surface area contributed by atoms with Gasteiger partial charge in [-0.3, -0.25) is 9.36 Å². The molecule has 106 valence electrons. The fourth-order valence-electron chi connectivity index (χ4n) is 1.49. The maximum absolute atomic E-state index is 13.3. The highest BCUT2D eigenvalue weighted by atomic mass is 32.2. The van der Waals surface area contributed by atoms with Crippen molar-refractivity contribution in [3.05, 3.63) is 5.82 Å². The van der Waals surface area contributed by atoms with Crippen molar-refractivity contribution in [2.75, 3.05) is 5.75 Å². The van der Waals surface area contributed by atoms with Gasteiger partial charge in [0.05, 0.1) is 5.75 Å². The van der Waals surface area contributed by atoms with E-state index in [0.29, 0.717) is 24.6 Å². The summed E-state index contributed by atoms with van der Waals surface area (Å²) in [7, 11) is 0. The summed E-state index contributed by atoms with van der Waals surface area (Å²) >= 11 is 0.684. The number of carboxylic acid groups (broad SMARTS) is 1. The van der Waals surface area contributed by atoms with Gasteiger partial charge in [-0.2, -0.15) is 8.78 Å². The average molecular weight is 299 g/mol. The summed E-state index contributed by atoms with van der Waals surface area (Å²) in [5, 5.41) is 15.0. The Morgan fingerprint density at radius 1 is 1.47 bits per heavy atom. The Morgan fingerprint density at radius 3 is 2.58 bits per heavy atom. The number of carboxylic acids is 1. The minimum atomic E-state index is -4.39. The first kappa shape index (κ1) is 14.1. The highest BCUT2D eigenvalue weighted by Crippen LogP contribution is 2.43. The van der Waals surface area contributed by atoms with E-state index in [-0.39, 0.29) is 11.2 Å². The fourth-order valence-corrected chi connectivity index (χ4v) is 2.21. The quantitative estimate of drug-likeness (QED) is 0.644. The molecule has 0 amide bonds. The third kappa shape index (κ3) is 2.82. The van der Waals surface area contributed by atoms with Gasteiger partial charge in [0.25, 0.3) is 0 Å². The molecule has 1 heterocycles. The molecule has 5 nitrogen and oxygen atoms in total. The van der Waals surface area contributed by atoms with Crippen molar-refractivity contribution < 1.29 is 27.5 Å². The molecule has 0 unspecified atom stereocenters. The van der Waals surface area contributed by atoms with Crippen LogP contribution in [0.15, 0.2) is 5.16 Å². The Bertz CT molecular complexity index is 490. The van der Waals surface area contributed by atoms with Gasteiger partial charge >= 0.3 is 18.3 Å². The van der Waals surface area contributed by atoms with Crippen LogP contribution in [0.25, 0.3) is 0 Å². The lowest BCUT2D eigenvalue weighted by atomic mass is 10.3.